The summed E-state index contributed by atoms with van der Waals surface area (Å²) >= 11 is 0. The number of aromatic nitrogens is 2. The number of rotatable bonds is 3. The normalized spacial score (nSPS) is 11.6. The summed E-state index contributed by atoms with van der Waals surface area (Å²) in [6.45, 7) is 0. The van der Waals surface area contributed by atoms with Crippen LogP contribution >= 0.6 is 0 Å². The Morgan fingerprint density at radius 1 is 1.56 bits per heavy atom. The molecule has 7 heteroatoms. The van der Waals surface area contributed by atoms with Crippen molar-refractivity contribution in [3.63, 3.8) is 0 Å². The summed E-state index contributed by atoms with van der Waals surface area (Å²) in [7, 11) is 3.00. The maximum Gasteiger partial charge on any atom is 0.435 e. The number of nitrogens with zero attached hydrogens (tertiary/aromatic N) is 2. The van der Waals surface area contributed by atoms with E-state index in [1.54, 1.807) is 24.3 Å². The van der Waals surface area contributed by atoms with E-state index in [1.807, 2.05) is 0 Å². The molecule has 18 heavy (non-hydrogen) atoms. The van der Waals surface area contributed by atoms with Gasteiger partial charge in [0.2, 0.25) is 0 Å². The molecule has 0 fully saturated rings. The van der Waals surface area contributed by atoms with Crippen LogP contribution in [0, 0.1) is 0 Å². The van der Waals surface area contributed by atoms with Crippen molar-refractivity contribution in [3.8, 4) is 5.75 Å². The highest BCUT2D eigenvalue weighted by molar-refractivity contribution is 5.88. The Bertz CT molecular complexity index is 642. The van der Waals surface area contributed by atoms with Gasteiger partial charge in [-0.3, -0.25) is 9.52 Å². The third-order valence-electron chi connectivity index (χ3n) is 2.29. The second-order valence-corrected chi connectivity index (χ2v) is 3.51. The van der Waals surface area contributed by atoms with Crippen LogP contribution in [0.15, 0.2) is 38.6 Å². The van der Waals surface area contributed by atoms with Crippen LogP contribution in [0.2, 0.25) is 0 Å². The lowest BCUT2D eigenvalue weighted by atomic mass is 10.3. The van der Waals surface area contributed by atoms with Gasteiger partial charge in [0.15, 0.2) is 7.05 Å². The van der Waals surface area contributed by atoms with E-state index in [0.717, 1.165) is 0 Å². The Morgan fingerprint density at radius 2 is 2.33 bits per heavy atom. The number of aromatic amines is 1. The molecule has 0 aliphatic heterocycles. The molecule has 1 aromatic carbocycles. The Labute approximate surface area is 102 Å². The van der Waals surface area contributed by atoms with Crippen molar-refractivity contribution in [1.29, 1.82) is 0 Å². The smallest absolute Gasteiger partial charge is 0.435 e. The van der Waals surface area contributed by atoms with Crippen molar-refractivity contribution in [2.24, 2.45) is 12.0 Å². The zero-order valence-electron chi connectivity index (χ0n) is 9.84. The zero-order valence-corrected chi connectivity index (χ0v) is 9.84. The van der Waals surface area contributed by atoms with Crippen LogP contribution in [0.25, 0.3) is 0 Å². The monoisotopic (exact) mass is 249 g/mol. The quantitative estimate of drug-likeness (QED) is 0.439. The summed E-state index contributed by atoms with van der Waals surface area (Å²) in [4.78, 5) is 15.1. The molecule has 0 amide bonds. The number of methoxy groups -OCH3 is 1. The number of ether oxygens (including phenoxy) is 1. The Balaban J connectivity index is 2.41. The fourth-order valence-corrected chi connectivity index (χ4v) is 1.42. The van der Waals surface area contributed by atoms with Crippen molar-refractivity contribution in [3.05, 3.63) is 40.4 Å². The SMILES string of the molecule is COc1cccc(N=C([O-])c2c(=O)o[nH][n+]2C)c1. The molecule has 94 valence electrons. The number of benzene rings is 1. The van der Waals surface area contributed by atoms with Gasteiger partial charge in [0, 0.05) is 6.07 Å². The van der Waals surface area contributed by atoms with E-state index in [2.05, 4.69) is 14.8 Å². The Morgan fingerprint density at radius 3 is 2.94 bits per heavy atom. The van der Waals surface area contributed by atoms with Crippen LogP contribution in [-0.4, -0.2) is 18.3 Å². The van der Waals surface area contributed by atoms with E-state index in [0.29, 0.717) is 11.4 Å². The van der Waals surface area contributed by atoms with Gasteiger partial charge in [0.1, 0.15) is 5.75 Å². The number of hydrogen-bond acceptors (Lipinski definition) is 5. The topological polar surface area (TPSA) is 94.5 Å². The third kappa shape index (κ3) is 2.24. The van der Waals surface area contributed by atoms with Gasteiger partial charge in [0.25, 0.3) is 0 Å². The van der Waals surface area contributed by atoms with Crippen molar-refractivity contribution >= 4 is 11.6 Å². The molecule has 0 bridgehead atoms. The predicted molar refractivity (Wildman–Crippen MR) is 59.7 cm³/mol. The lowest BCUT2D eigenvalue weighted by Crippen LogP contribution is -2.43. The highest BCUT2D eigenvalue weighted by atomic mass is 16.5. The molecule has 1 heterocycles. The van der Waals surface area contributed by atoms with E-state index in [1.165, 1.54) is 18.8 Å². The molecule has 0 radical (unpaired) electrons. The first-order chi connectivity index (χ1) is 8.61. The van der Waals surface area contributed by atoms with Gasteiger partial charge in [-0.1, -0.05) is 10.7 Å². The molecule has 0 aliphatic rings. The van der Waals surface area contributed by atoms with Gasteiger partial charge in [-0.05, 0) is 17.4 Å². The molecule has 0 atom stereocenters. The molecule has 0 unspecified atom stereocenters. The number of hydrogen-bond donors (Lipinski definition) is 1. The van der Waals surface area contributed by atoms with E-state index < -0.39 is 11.5 Å². The first-order valence-electron chi connectivity index (χ1n) is 5.09. The van der Waals surface area contributed by atoms with E-state index >= 15 is 0 Å². The van der Waals surface area contributed by atoms with Gasteiger partial charge in [-0.15, -0.1) is 0 Å². The molecule has 2 aromatic rings. The van der Waals surface area contributed by atoms with Gasteiger partial charge in [0.05, 0.1) is 18.7 Å². The van der Waals surface area contributed by atoms with Crippen LogP contribution in [0.3, 0.4) is 0 Å². The minimum absolute atomic E-state index is 0.169. The second-order valence-electron chi connectivity index (χ2n) is 3.51. The first-order valence-corrected chi connectivity index (χ1v) is 5.09. The Kier molecular flexibility index (Phi) is 3.13. The minimum Gasteiger partial charge on any atom is -0.854 e. The molecule has 0 aliphatic carbocycles. The summed E-state index contributed by atoms with van der Waals surface area (Å²) in [5.41, 5.74) is -0.521. The van der Waals surface area contributed by atoms with E-state index in [9.17, 15) is 9.90 Å². The number of nitrogens with one attached hydrogen (secondary N) is 1. The average Bonchev–Trinajstić information content (AvgIpc) is 2.69. The van der Waals surface area contributed by atoms with Crippen molar-refractivity contribution in [2.45, 2.75) is 0 Å². The highest BCUT2D eigenvalue weighted by Gasteiger charge is 2.17. The van der Waals surface area contributed by atoms with Gasteiger partial charge < -0.3 is 9.84 Å². The maximum absolute atomic E-state index is 11.8. The summed E-state index contributed by atoms with van der Waals surface area (Å²) in [5.74, 6) is -0.102. The van der Waals surface area contributed by atoms with Gasteiger partial charge in [-0.25, -0.2) is 4.79 Å². The fraction of sp³-hybridized carbons (Fsp3) is 0.182. The molecule has 0 saturated heterocycles. The molecule has 0 saturated carbocycles. The van der Waals surface area contributed by atoms with Crippen LogP contribution < -0.4 is 20.2 Å². The summed E-state index contributed by atoms with van der Waals surface area (Å²) in [6.07, 6.45) is 0. The molecule has 1 N–H and O–H groups in total. The molecule has 7 nitrogen and oxygen atoms in total. The van der Waals surface area contributed by atoms with Gasteiger partial charge in [-0.2, -0.15) is 0 Å². The average molecular weight is 249 g/mol. The van der Waals surface area contributed by atoms with E-state index in [-0.39, 0.29) is 5.69 Å². The number of aliphatic imine (C=N–C) groups is 1. The first kappa shape index (κ1) is 11.9. The molecule has 1 aromatic heterocycles. The van der Waals surface area contributed by atoms with Crippen LogP contribution in [0.1, 0.15) is 5.69 Å². The largest absolute Gasteiger partial charge is 0.854 e. The lowest BCUT2D eigenvalue weighted by Gasteiger charge is -2.04. The fourth-order valence-electron chi connectivity index (χ4n) is 1.42. The van der Waals surface area contributed by atoms with Crippen molar-refractivity contribution in [1.82, 2.24) is 5.27 Å². The van der Waals surface area contributed by atoms with Crippen LogP contribution in [-0.2, 0) is 7.05 Å². The second kappa shape index (κ2) is 4.74. The number of H-pyrrole nitrogens is 1. The molecule has 2 rings (SSSR count). The summed E-state index contributed by atoms with van der Waals surface area (Å²) < 4.78 is 10.7. The minimum atomic E-state index is -0.755. The molecular weight excluding hydrogens is 238 g/mol. The third-order valence-corrected chi connectivity index (χ3v) is 2.29. The Hall–Kier alpha value is -2.57. The van der Waals surface area contributed by atoms with Gasteiger partial charge >= 0.3 is 11.3 Å². The molecular formula is C11H11N3O4. The van der Waals surface area contributed by atoms with Crippen molar-refractivity contribution in [2.75, 3.05) is 7.11 Å². The zero-order chi connectivity index (χ0) is 13.1. The predicted octanol–water partition coefficient (Wildman–Crippen LogP) is -0.760. The van der Waals surface area contributed by atoms with Crippen LogP contribution in [0.5, 0.6) is 5.75 Å². The molecule has 0 spiro atoms. The highest BCUT2D eigenvalue weighted by Crippen LogP contribution is 2.19. The number of aryl methyl sites for hydroxylation is 1. The standard InChI is InChI=1S/C11H11N3O4/c1-14-9(11(16)18-13-14)10(15)12-7-4-3-5-8(6-7)17-2/h3-6H,1-2H3,(H-,12,13,15,16). The summed E-state index contributed by atoms with van der Waals surface area (Å²) in [6, 6.07) is 6.65. The summed E-state index contributed by atoms with van der Waals surface area (Å²) in [5, 5.41) is 14.1. The van der Waals surface area contributed by atoms with Crippen molar-refractivity contribution < 1.29 is 19.0 Å². The maximum atomic E-state index is 11.8. The van der Waals surface area contributed by atoms with E-state index in [4.69, 9.17) is 4.74 Å². The van der Waals surface area contributed by atoms with Crippen LogP contribution in [0.4, 0.5) is 5.69 Å². The lowest BCUT2D eigenvalue weighted by molar-refractivity contribution is -0.742.